The second-order valence-electron chi connectivity index (χ2n) is 6.46. The van der Waals surface area contributed by atoms with Gasteiger partial charge in [0.15, 0.2) is 11.5 Å². The van der Waals surface area contributed by atoms with Crippen LogP contribution in [-0.4, -0.2) is 18.5 Å². The molecule has 0 spiro atoms. The molecule has 0 saturated carbocycles. The monoisotopic (exact) mass is 321 g/mol. The van der Waals surface area contributed by atoms with Gasteiger partial charge < -0.3 is 15.2 Å². The van der Waals surface area contributed by atoms with Crippen LogP contribution < -0.4 is 15.2 Å². The van der Waals surface area contributed by atoms with E-state index in [4.69, 9.17) is 15.2 Å². The van der Waals surface area contributed by atoms with Crippen molar-refractivity contribution >= 4 is 11.9 Å². The zero-order chi connectivity index (χ0) is 17.4. The molecule has 1 aromatic carbocycles. The minimum atomic E-state index is -0.342. The van der Waals surface area contributed by atoms with Crippen molar-refractivity contribution in [2.45, 2.75) is 47.0 Å². The maximum Gasteiger partial charge on any atom is 0.311 e. The molecular formula is C18H27NO4. The van der Waals surface area contributed by atoms with Crippen molar-refractivity contribution in [1.82, 2.24) is 0 Å². The summed E-state index contributed by atoms with van der Waals surface area (Å²) in [6, 6.07) is 5.19. The summed E-state index contributed by atoms with van der Waals surface area (Å²) in [6.07, 6.45) is 1.28. The predicted molar refractivity (Wildman–Crippen MR) is 89.4 cm³/mol. The van der Waals surface area contributed by atoms with E-state index < -0.39 is 0 Å². The lowest BCUT2D eigenvalue weighted by Crippen LogP contribution is -2.15. The molecule has 1 rings (SSSR count). The summed E-state index contributed by atoms with van der Waals surface area (Å²) in [5.74, 6) is 0.263. The van der Waals surface area contributed by atoms with E-state index >= 15 is 0 Å². The molecule has 0 heterocycles. The van der Waals surface area contributed by atoms with Gasteiger partial charge in [-0.1, -0.05) is 33.8 Å². The molecule has 0 fully saturated rings. The van der Waals surface area contributed by atoms with Gasteiger partial charge in [-0.15, -0.1) is 0 Å². The fourth-order valence-electron chi connectivity index (χ4n) is 2.03. The molecular weight excluding hydrogens is 294 g/mol. The highest BCUT2D eigenvalue weighted by molar-refractivity contribution is 5.76. The second kappa shape index (κ2) is 9.30. The van der Waals surface area contributed by atoms with Crippen molar-refractivity contribution in [1.29, 1.82) is 0 Å². The van der Waals surface area contributed by atoms with Crippen LogP contribution in [0.5, 0.6) is 11.5 Å². The first-order valence-corrected chi connectivity index (χ1v) is 8.06. The van der Waals surface area contributed by atoms with Crippen molar-refractivity contribution in [3.63, 3.8) is 0 Å². The van der Waals surface area contributed by atoms with Crippen LogP contribution in [0.1, 0.15) is 46.1 Å². The average molecular weight is 321 g/mol. The van der Waals surface area contributed by atoms with Crippen LogP contribution >= 0.6 is 0 Å². The Balaban J connectivity index is 2.94. The van der Waals surface area contributed by atoms with E-state index in [0.717, 1.165) is 5.56 Å². The van der Waals surface area contributed by atoms with Crippen molar-refractivity contribution < 1.29 is 19.1 Å². The molecule has 5 nitrogen and oxygen atoms in total. The number of ether oxygens (including phenoxy) is 2. The lowest BCUT2D eigenvalue weighted by Gasteiger charge is -2.13. The highest BCUT2D eigenvalue weighted by Gasteiger charge is 2.16. The topological polar surface area (TPSA) is 78.6 Å². The molecule has 1 aromatic rings. The lowest BCUT2D eigenvalue weighted by atomic mass is 10.1. The molecule has 0 unspecified atom stereocenters. The van der Waals surface area contributed by atoms with Gasteiger partial charge in [0.2, 0.25) is 0 Å². The summed E-state index contributed by atoms with van der Waals surface area (Å²) >= 11 is 0. The third-order valence-corrected chi connectivity index (χ3v) is 3.04. The zero-order valence-electron chi connectivity index (χ0n) is 14.4. The number of carbonyl (C=O) groups is 2. The quantitative estimate of drug-likeness (QED) is 0.588. The van der Waals surface area contributed by atoms with Crippen molar-refractivity contribution in [3.8, 4) is 11.5 Å². The predicted octanol–water partition coefficient (Wildman–Crippen LogP) is 3.09. The maximum atomic E-state index is 11.9. The molecule has 0 radical (unpaired) electrons. The van der Waals surface area contributed by atoms with Crippen LogP contribution in [0.3, 0.4) is 0 Å². The van der Waals surface area contributed by atoms with E-state index in [0.29, 0.717) is 25.8 Å². The largest absolute Gasteiger partial charge is 0.423 e. The SMILES string of the molecule is CC(C)CC(=O)Oc1ccc(CCN)cc1OC(=O)CC(C)C. The summed E-state index contributed by atoms with van der Waals surface area (Å²) in [5, 5.41) is 0. The Hall–Kier alpha value is -1.88. The Morgan fingerprint density at radius 3 is 1.96 bits per heavy atom. The number of rotatable bonds is 8. The molecule has 0 aliphatic carbocycles. The molecule has 0 saturated heterocycles. The molecule has 5 heteroatoms. The van der Waals surface area contributed by atoms with Gasteiger partial charge in [0, 0.05) is 12.8 Å². The van der Waals surface area contributed by atoms with Gasteiger partial charge in [-0.2, -0.15) is 0 Å². The highest BCUT2D eigenvalue weighted by atomic mass is 16.6. The number of benzene rings is 1. The van der Waals surface area contributed by atoms with Crippen LogP contribution in [0.2, 0.25) is 0 Å². The summed E-state index contributed by atoms with van der Waals surface area (Å²) < 4.78 is 10.7. The fraction of sp³-hybridized carbons (Fsp3) is 0.556. The smallest absolute Gasteiger partial charge is 0.311 e. The van der Waals surface area contributed by atoms with E-state index in [1.807, 2.05) is 33.8 Å². The summed E-state index contributed by atoms with van der Waals surface area (Å²) in [4.78, 5) is 23.8. The van der Waals surface area contributed by atoms with E-state index in [1.165, 1.54) is 0 Å². The van der Waals surface area contributed by atoms with Crippen LogP contribution in [-0.2, 0) is 16.0 Å². The normalized spacial score (nSPS) is 10.9. The average Bonchev–Trinajstić information content (AvgIpc) is 2.40. The van der Waals surface area contributed by atoms with Crippen molar-refractivity contribution in [2.75, 3.05) is 6.54 Å². The molecule has 0 aromatic heterocycles. The second-order valence-corrected chi connectivity index (χ2v) is 6.46. The number of hydrogen-bond donors (Lipinski definition) is 1. The number of esters is 2. The van der Waals surface area contributed by atoms with Crippen LogP contribution in [0, 0.1) is 11.8 Å². The molecule has 0 bridgehead atoms. The van der Waals surface area contributed by atoms with Crippen molar-refractivity contribution in [3.05, 3.63) is 23.8 Å². The minimum Gasteiger partial charge on any atom is -0.423 e. The Labute approximate surface area is 138 Å². The van der Waals surface area contributed by atoms with Crippen LogP contribution in [0.15, 0.2) is 18.2 Å². The summed E-state index contributed by atoms with van der Waals surface area (Å²) in [5.41, 5.74) is 6.49. The first-order chi connectivity index (χ1) is 10.8. The van der Waals surface area contributed by atoms with Gasteiger partial charge in [-0.05, 0) is 42.5 Å². The molecule has 0 atom stereocenters. The standard InChI is InChI=1S/C18H27NO4/c1-12(2)9-17(20)22-15-6-5-14(7-8-19)11-16(15)23-18(21)10-13(3)4/h5-6,11-13H,7-10,19H2,1-4H3. The molecule has 2 N–H and O–H groups in total. The summed E-state index contributed by atoms with van der Waals surface area (Å²) in [6.45, 7) is 8.25. The van der Waals surface area contributed by atoms with Crippen molar-refractivity contribution in [2.24, 2.45) is 17.6 Å². The van der Waals surface area contributed by atoms with E-state index in [2.05, 4.69) is 0 Å². The first kappa shape index (κ1) is 19.2. The van der Waals surface area contributed by atoms with Crippen LogP contribution in [0.25, 0.3) is 0 Å². The van der Waals surface area contributed by atoms with Gasteiger partial charge in [-0.25, -0.2) is 0 Å². The van der Waals surface area contributed by atoms with Gasteiger partial charge in [0.1, 0.15) is 0 Å². The Bertz CT molecular complexity index is 538. The third-order valence-electron chi connectivity index (χ3n) is 3.04. The van der Waals surface area contributed by atoms with E-state index in [9.17, 15) is 9.59 Å². The number of hydrogen-bond acceptors (Lipinski definition) is 5. The Kier molecular flexibility index (Phi) is 7.75. The first-order valence-electron chi connectivity index (χ1n) is 8.06. The summed E-state index contributed by atoms with van der Waals surface area (Å²) in [7, 11) is 0. The Morgan fingerprint density at radius 1 is 0.957 bits per heavy atom. The van der Waals surface area contributed by atoms with Gasteiger partial charge in [-0.3, -0.25) is 9.59 Å². The Morgan fingerprint density at radius 2 is 1.48 bits per heavy atom. The molecule has 0 aliphatic heterocycles. The van der Waals surface area contributed by atoms with E-state index in [-0.39, 0.29) is 35.3 Å². The lowest BCUT2D eigenvalue weighted by molar-refractivity contribution is -0.138. The van der Waals surface area contributed by atoms with Crippen LogP contribution in [0.4, 0.5) is 0 Å². The minimum absolute atomic E-state index is 0.196. The van der Waals surface area contributed by atoms with E-state index in [1.54, 1.807) is 12.1 Å². The van der Waals surface area contributed by atoms with Gasteiger partial charge >= 0.3 is 11.9 Å². The number of nitrogens with two attached hydrogens (primary N) is 1. The van der Waals surface area contributed by atoms with Gasteiger partial charge in [0.05, 0.1) is 0 Å². The maximum absolute atomic E-state index is 11.9. The zero-order valence-corrected chi connectivity index (χ0v) is 14.4. The molecule has 0 amide bonds. The number of carbonyl (C=O) groups excluding carboxylic acids is 2. The molecule has 128 valence electrons. The highest BCUT2D eigenvalue weighted by Crippen LogP contribution is 2.30. The fourth-order valence-corrected chi connectivity index (χ4v) is 2.03. The molecule has 0 aliphatic rings. The third kappa shape index (κ3) is 7.28. The molecule has 23 heavy (non-hydrogen) atoms. The van der Waals surface area contributed by atoms with Gasteiger partial charge in [0.25, 0.3) is 0 Å².